The van der Waals surface area contributed by atoms with Gasteiger partial charge in [-0.15, -0.1) is 0 Å². The Morgan fingerprint density at radius 3 is 2.63 bits per heavy atom. The summed E-state index contributed by atoms with van der Waals surface area (Å²) in [6.07, 6.45) is 7.59. The van der Waals surface area contributed by atoms with Crippen molar-refractivity contribution in [3.8, 4) is 0 Å². The summed E-state index contributed by atoms with van der Waals surface area (Å²) in [5.41, 5.74) is -0.281. The van der Waals surface area contributed by atoms with Gasteiger partial charge in [0.05, 0.1) is 11.9 Å². The Morgan fingerprint density at radius 1 is 1.32 bits per heavy atom. The Hall–Kier alpha value is -0.960. The summed E-state index contributed by atoms with van der Waals surface area (Å²) in [7, 11) is 0. The molecule has 0 radical (unpaired) electrons. The van der Waals surface area contributed by atoms with Crippen molar-refractivity contribution in [3.05, 3.63) is 29.8 Å². The van der Waals surface area contributed by atoms with Gasteiger partial charge < -0.3 is 5.11 Å². The number of aliphatic hydroxyl groups is 1. The molecule has 0 aliphatic heterocycles. The minimum Gasteiger partial charge on any atom is -0.383 e. The van der Waals surface area contributed by atoms with Gasteiger partial charge in [0.25, 0.3) is 0 Å². The van der Waals surface area contributed by atoms with Gasteiger partial charge in [0, 0.05) is 0 Å². The molecule has 2 nitrogen and oxygen atoms in total. The third-order valence-corrected chi connectivity index (χ3v) is 4.76. The first-order valence-electron chi connectivity index (χ1n) is 7.46. The van der Waals surface area contributed by atoms with Gasteiger partial charge in [-0.2, -0.15) is 0 Å². The molecule has 0 saturated heterocycles. The molecule has 2 rings (SSSR count). The SMILES string of the molecule is CCC1CCCCC1C(O)(CC)c1ccc(F)cn1. The number of halogens is 1. The molecule has 106 valence electrons. The van der Waals surface area contributed by atoms with Gasteiger partial charge in [0.15, 0.2) is 0 Å². The molecule has 1 aliphatic rings. The molecule has 3 heteroatoms. The van der Waals surface area contributed by atoms with E-state index in [-0.39, 0.29) is 11.7 Å². The van der Waals surface area contributed by atoms with E-state index in [9.17, 15) is 9.50 Å². The van der Waals surface area contributed by atoms with Crippen LogP contribution < -0.4 is 0 Å². The standard InChI is InChI=1S/C16H24FNO/c1-3-12-7-5-6-8-14(12)16(19,4-2)15-10-9-13(17)11-18-15/h9-12,14,19H,3-8H2,1-2H3. The van der Waals surface area contributed by atoms with Gasteiger partial charge in [-0.1, -0.05) is 39.5 Å². The summed E-state index contributed by atoms with van der Waals surface area (Å²) < 4.78 is 13.0. The van der Waals surface area contributed by atoms with Crippen molar-refractivity contribution in [2.24, 2.45) is 11.8 Å². The molecule has 0 amide bonds. The molecule has 1 heterocycles. The first-order valence-corrected chi connectivity index (χ1v) is 7.46. The van der Waals surface area contributed by atoms with Gasteiger partial charge >= 0.3 is 0 Å². The molecule has 1 aromatic heterocycles. The van der Waals surface area contributed by atoms with Gasteiger partial charge in [-0.3, -0.25) is 4.98 Å². The Morgan fingerprint density at radius 2 is 2.05 bits per heavy atom. The van der Waals surface area contributed by atoms with E-state index >= 15 is 0 Å². The molecule has 0 spiro atoms. The molecule has 0 aromatic carbocycles. The zero-order valence-electron chi connectivity index (χ0n) is 11.9. The van der Waals surface area contributed by atoms with Crippen LogP contribution in [0.15, 0.2) is 18.3 Å². The third kappa shape index (κ3) is 2.81. The second-order valence-corrected chi connectivity index (χ2v) is 5.70. The third-order valence-electron chi connectivity index (χ3n) is 4.76. The van der Waals surface area contributed by atoms with Crippen molar-refractivity contribution >= 4 is 0 Å². The van der Waals surface area contributed by atoms with E-state index in [0.717, 1.165) is 12.8 Å². The summed E-state index contributed by atoms with van der Waals surface area (Å²) in [6, 6.07) is 3.03. The van der Waals surface area contributed by atoms with Gasteiger partial charge in [0.2, 0.25) is 0 Å². The first-order chi connectivity index (χ1) is 9.11. The highest BCUT2D eigenvalue weighted by molar-refractivity contribution is 5.16. The molecule has 1 N–H and O–H groups in total. The van der Waals surface area contributed by atoms with Gasteiger partial charge in [0.1, 0.15) is 11.4 Å². The van der Waals surface area contributed by atoms with E-state index in [4.69, 9.17) is 0 Å². The summed E-state index contributed by atoms with van der Waals surface area (Å²) in [5.74, 6) is 0.442. The van der Waals surface area contributed by atoms with Crippen LogP contribution in [0.3, 0.4) is 0 Å². The van der Waals surface area contributed by atoms with Crippen molar-refractivity contribution in [1.82, 2.24) is 4.98 Å². The second kappa shape index (κ2) is 6.00. The number of pyridine rings is 1. The highest BCUT2D eigenvalue weighted by Crippen LogP contribution is 2.45. The number of nitrogens with zero attached hydrogens (tertiary/aromatic N) is 1. The monoisotopic (exact) mass is 265 g/mol. The maximum Gasteiger partial charge on any atom is 0.141 e. The van der Waals surface area contributed by atoms with Crippen LogP contribution in [-0.4, -0.2) is 10.1 Å². The molecule has 3 unspecified atom stereocenters. The van der Waals surface area contributed by atoms with Crippen molar-refractivity contribution < 1.29 is 9.50 Å². The van der Waals surface area contributed by atoms with Crippen LogP contribution in [0.2, 0.25) is 0 Å². The Balaban J connectivity index is 2.32. The smallest absolute Gasteiger partial charge is 0.141 e. The Bertz CT molecular complexity index is 406. The van der Waals surface area contributed by atoms with E-state index in [0.29, 0.717) is 18.0 Å². The van der Waals surface area contributed by atoms with E-state index in [1.807, 2.05) is 6.92 Å². The summed E-state index contributed by atoms with van der Waals surface area (Å²) in [4.78, 5) is 4.14. The van der Waals surface area contributed by atoms with Crippen molar-refractivity contribution in [3.63, 3.8) is 0 Å². The van der Waals surface area contributed by atoms with E-state index in [2.05, 4.69) is 11.9 Å². The fraction of sp³-hybridized carbons (Fsp3) is 0.688. The minimum absolute atomic E-state index is 0.245. The van der Waals surface area contributed by atoms with Gasteiger partial charge in [-0.05, 0) is 36.8 Å². The van der Waals surface area contributed by atoms with Crippen molar-refractivity contribution in [2.75, 3.05) is 0 Å². The quantitative estimate of drug-likeness (QED) is 0.891. The zero-order valence-corrected chi connectivity index (χ0v) is 11.9. The lowest BCUT2D eigenvalue weighted by Crippen LogP contribution is -2.41. The molecule has 0 bridgehead atoms. The molecule has 1 fully saturated rings. The van der Waals surface area contributed by atoms with Crippen LogP contribution in [0.5, 0.6) is 0 Å². The van der Waals surface area contributed by atoms with Crippen LogP contribution in [0.25, 0.3) is 0 Å². The first kappa shape index (κ1) is 14.4. The topological polar surface area (TPSA) is 33.1 Å². The predicted molar refractivity (Wildman–Crippen MR) is 74.1 cm³/mol. The number of rotatable bonds is 4. The summed E-state index contributed by atoms with van der Waals surface area (Å²) in [6.45, 7) is 4.18. The maximum atomic E-state index is 13.0. The van der Waals surface area contributed by atoms with E-state index in [1.165, 1.54) is 31.5 Å². The average molecular weight is 265 g/mol. The van der Waals surface area contributed by atoms with E-state index < -0.39 is 5.60 Å². The summed E-state index contributed by atoms with van der Waals surface area (Å²) >= 11 is 0. The van der Waals surface area contributed by atoms with E-state index in [1.54, 1.807) is 6.07 Å². The average Bonchev–Trinajstić information content (AvgIpc) is 2.47. The largest absolute Gasteiger partial charge is 0.383 e. The van der Waals surface area contributed by atoms with Crippen LogP contribution in [-0.2, 0) is 5.60 Å². The Labute approximate surface area is 115 Å². The number of hydrogen-bond donors (Lipinski definition) is 1. The zero-order chi connectivity index (χ0) is 13.9. The van der Waals surface area contributed by atoms with Gasteiger partial charge in [-0.25, -0.2) is 4.39 Å². The molecule has 1 saturated carbocycles. The molecule has 1 aliphatic carbocycles. The number of aromatic nitrogens is 1. The van der Waals surface area contributed by atoms with Crippen molar-refractivity contribution in [1.29, 1.82) is 0 Å². The highest BCUT2D eigenvalue weighted by atomic mass is 19.1. The molecular weight excluding hydrogens is 241 g/mol. The van der Waals surface area contributed by atoms with Crippen LogP contribution in [0, 0.1) is 17.7 Å². The minimum atomic E-state index is -0.908. The maximum absolute atomic E-state index is 13.0. The lowest BCUT2D eigenvalue weighted by atomic mass is 9.67. The molecular formula is C16H24FNO. The summed E-state index contributed by atoms with van der Waals surface area (Å²) in [5, 5.41) is 11.1. The fourth-order valence-corrected chi connectivity index (χ4v) is 3.59. The normalized spacial score (nSPS) is 26.9. The molecule has 1 aromatic rings. The lowest BCUT2D eigenvalue weighted by Gasteiger charge is -2.42. The predicted octanol–water partition coefficient (Wildman–Crippen LogP) is 4.03. The molecule has 3 atom stereocenters. The van der Waals surface area contributed by atoms with Crippen LogP contribution in [0.4, 0.5) is 4.39 Å². The lowest BCUT2D eigenvalue weighted by molar-refractivity contribution is -0.0706. The van der Waals surface area contributed by atoms with Crippen LogP contribution in [0.1, 0.15) is 58.1 Å². The number of hydrogen-bond acceptors (Lipinski definition) is 2. The Kier molecular flexibility index (Phi) is 4.56. The second-order valence-electron chi connectivity index (χ2n) is 5.70. The van der Waals surface area contributed by atoms with Crippen LogP contribution >= 0.6 is 0 Å². The fourth-order valence-electron chi connectivity index (χ4n) is 3.59. The highest BCUT2D eigenvalue weighted by Gasteiger charge is 2.42. The molecule has 19 heavy (non-hydrogen) atoms. The van der Waals surface area contributed by atoms with Crippen molar-refractivity contribution in [2.45, 2.75) is 58.0 Å².